The van der Waals surface area contributed by atoms with Crippen LogP contribution in [0, 0.1) is 11.7 Å². The normalized spacial score (nSPS) is 19.5. The highest BCUT2D eigenvalue weighted by molar-refractivity contribution is 6.53. The van der Waals surface area contributed by atoms with Crippen LogP contribution in [0.4, 0.5) is 10.1 Å². The van der Waals surface area contributed by atoms with Crippen LogP contribution in [-0.2, 0) is 4.79 Å². The van der Waals surface area contributed by atoms with Crippen molar-refractivity contribution in [2.75, 3.05) is 11.9 Å². The topological polar surface area (TPSA) is 58.2 Å². The summed E-state index contributed by atoms with van der Waals surface area (Å²) in [6, 6.07) is 8.70. The molecule has 154 valence electrons. The summed E-state index contributed by atoms with van der Waals surface area (Å²) in [4.78, 5) is 25.0. The fourth-order valence-corrected chi connectivity index (χ4v) is 4.32. The van der Waals surface area contributed by atoms with Crippen molar-refractivity contribution in [2.24, 2.45) is 5.92 Å². The molecule has 1 fully saturated rings. The number of hydrogen-bond acceptors (Lipinski definition) is 2. The van der Waals surface area contributed by atoms with Gasteiger partial charge < -0.3 is 10.6 Å². The van der Waals surface area contributed by atoms with Crippen LogP contribution in [0.1, 0.15) is 35.2 Å². The molecule has 0 spiro atoms. The molecule has 1 aliphatic carbocycles. The fourth-order valence-electron chi connectivity index (χ4n) is 3.10. The van der Waals surface area contributed by atoms with Crippen LogP contribution >= 0.6 is 46.4 Å². The van der Waals surface area contributed by atoms with E-state index in [1.54, 1.807) is 6.07 Å². The number of anilines is 1. The first-order valence-corrected chi connectivity index (χ1v) is 10.4. The van der Waals surface area contributed by atoms with Crippen LogP contribution in [0.15, 0.2) is 36.4 Å². The number of alkyl halides is 2. The molecule has 2 N–H and O–H groups in total. The highest BCUT2D eigenvalue weighted by atomic mass is 35.5. The van der Waals surface area contributed by atoms with Crippen molar-refractivity contribution in [1.82, 2.24) is 5.32 Å². The van der Waals surface area contributed by atoms with Gasteiger partial charge in [-0.25, -0.2) is 4.39 Å². The number of halogens is 5. The number of amides is 2. The number of nitrogens with one attached hydrogen (secondary N) is 2. The first-order chi connectivity index (χ1) is 13.7. The Morgan fingerprint density at radius 2 is 1.83 bits per heavy atom. The molecule has 0 saturated heterocycles. The van der Waals surface area contributed by atoms with Gasteiger partial charge in [0.15, 0.2) is 0 Å². The largest absolute Gasteiger partial charge is 0.352 e. The van der Waals surface area contributed by atoms with Gasteiger partial charge >= 0.3 is 0 Å². The van der Waals surface area contributed by atoms with E-state index in [-0.39, 0.29) is 21.5 Å². The van der Waals surface area contributed by atoms with Crippen molar-refractivity contribution < 1.29 is 14.0 Å². The van der Waals surface area contributed by atoms with Gasteiger partial charge in [-0.05, 0) is 42.3 Å². The second-order valence-electron chi connectivity index (χ2n) is 6.74. The van der Waals surface area contributed by atoms with Gasteiger partial charge in [0.05, 0.1) is 21.5 Å². The maximum atomic E-state index is 13.4. The van der Waals surface area contributed by atoms with Crippen molar-refractivity contribution in [1.29, 1.82) is 0 Å². The zero-order valence-electron chi connectivity index (χ0n) is 15.2. The Morgan fingerprint density at radius 1 is 1.10 bits per heavy atom. The van der Waals surface area contributed by atoms with E-state index < -0.39 is 27.9 Å². The third-order valence-corrected chi connectivity index (χ3v) is 6.21. The predicted octanol–water partition coefficient (Wildman–Crippen LogP) is 5.80. The smallest absolute Gasteiger partial charge is 0.252 e. The van der Waals surface area contributed by atoms with E-state index in [9.17, 15) is 14.0 Å². The molecule has 2 aromatic rings. The van der Waals surface area contributed by atoms with Gasteiger partial charge in [0.1, 0.15) is 10.2 Å². The number of benzene rings is 2. The molecule has 0 heterocycles. The lowest BCUT2D eigenvalue weighted by molar-refractivity contribution is -0.117. The standard InChI is InChI=1S/C20H17Cl4FN2O2/c1-2-7-26-18(28)12-9-11(4-5-13(12)21)27-19(29)17-16(20(17,23)24)10-3-6-15(25)14(22)8-10/h3-6,8-9,16-17H,2,7H2,1H3,(H,26,28)(H,27,29)/t16-,17+/m1/s1. The molecule has 0 bridgehead atoms. The Hall–Kier alpha value is -1.53. The number of hydrogen-bond donors (Lipinski definition) is 2. The minimum absolute atomic E-state index is 0.0712. The summed E-state index contributed by atoms with van der Waals surface area (Å²) in [5.74, 6) is -2.63. The Balaban J connectivity index is 1.76. The molecule has 1 aliphatic rings. The van der Waals surface area contributed by atoms with Crippen LogP contribution in [0.25, 0.3) is 0 Å². The van der Waals surface area contributed by atoms with Gasteiger partial charge in [0.25, 0.3) is 5.91 Å². The van der Waals surface area contributed by atoms with Crippen molar-refractivity contribution in [2.45, 2.75) is 23.6 Å². The van der Waals surface area contributed by atoms with Crippen LogP contribution < -0.4 is 10.6 Å². The summed E-state index contributed by atoms with van der Waals surface area (Å²) < 4.78 is 12.1. The van der Waals surface area contributed by atoms with E-state index in [1.165, 1.54) is 30.3 Å². The maximum Gasteiger partial charge on any atom is 0.252 e. The van der Waals surface area contributed by atoms with Gasteiger partial charge in [-0.2, -0.15) is 0 Å². The maximum absolute atomic E-state index is 13.4. The highest BCUT2D eigenvalue weighted by Gasteiger charge is 2.67. The van der Waals surface area contributed by atoms with E-state index >= 15 is 0 Å². The lowest BCUT2D eigenvalue weighted by atomic mass is 10.1. The van der Waals surface area contributed by atoms with Crippen LogP contribution in [0.2, 0.25) is 10.0 Å². The molecule has 0 unspecified atom stereocenters. The van der Waals surface area contributed by atoms with Gasteiger partial charge in [-0.3, -0.25) is 9.59 Å². The first kappa shape index (κ1) is 22.2. The van der Waals surface area contributed by atoms with E-state index in [1.807, 2.05) is 6.92 Å². The lowest BCUT2D eigenvalue weighted by Gasteiger charge is -2.10. The van der Waals surface area contributed by atoms with Crippen molar-refractivity contribution in [3.05, 3.63) is 63.4 Å². The van der Waals surface area contributed by atoms with Gasteiger partial charge in [-0.15, -0.1) is 23.2 Å². The van der Waals surface area contributed by atoms with Gasteiger partial charge in [0, 0.05) is 18.2 Å². The molecular weight excluding hydrogens is 461 g/mol. The Labute approximate surface area is 187 Å². The second kappa shape index (κ2) is 8.68. The molecule has 1 saturated carbocycles. The molecule has 2 amide bonds. The van der Waals surface area contributed by atoms with Crippen LogP contribution in [0.5, 0.6) is 0 Å². The molecule has 29 heavy (non-hydrogen) atoms. The summed E-state index contributed by atoms with van der Waals surface area (Å²) in [6.07, 6.45) is 0.782. The van der Waals surface area contributed by atoms with E-state index in [0.717, 1.165) is 6.42 Å². The second-order valence-corrected chi connectivity index (χ2v) is 9.00. The average molecular weight is 478 g/mol. The summed E-state index contributed by atoms with van der Waals surface area (Å²) in [6.45, 7) is 2.44. The summed E-state index contributed by atoms with van der Waals surface area (Å²) >= 11 is 24.5. The van der Waals surface area contributed by atoms with Crippen molar-refractivity contribution >= 4 is 63.9 Å². The molecule has 3 rings (SSSR count). The molecule has 2 aromatic carbocycles. The summed E-state index contributed by atoms with van der Waals surface area (Å²) in [5, 5.41) is 5.64. The monoisotopic (exact) mass is 476 g/mol. The van der Waals surface area contributed by atoms with Crippen molar-refractivity contribution in [3.8, 4) is 0 Å². The third-order valence-electron chi connectivity index (χ3n) is 4.65. The van der Waals surface area contributed by atoms with Crippen molar-refractivity contribution in [3.63, 3.8) is 0 Å². The zero-order valence-corrected chi connectivity index (χ0v) is 18.3. The van der Waals surface area contributed by atoms with Crippen LogP contribution in [-0.4, -0.2) is 22.7 Å². The highest BCUT2D eigenvalue weighted by Crippen LogP contribution is 2.65. The fraction of sp³-hybridized carbons (Fsp3) is 0.300. The molecular formula is C20H17Cl4FN2O2. The zero-order chi connectivity index (χ0) is 21.3. The first-order valence-electron chi connectivity index (χ1n) is 8.88. The summed E-state index contributed by atoms with van der Waals surface area (Å²) in [7, 11) is 0. The minimum atomic E-state index is -1.35. The number of rotatable bonds is 6. The number of carbonyl (C=O) groups is 2. The van der Waals surface area contributed by atoms with Gasteiger partial charge in [0.2, 0.25) is 5.91 Å². The lowest BCUT2D eigenvalue weighted by Crippen LogP contribution is -2.24. The molecule has 9 heteroatoms. The number of carbonyl (C=O) groups excluding carboxylic acids is 2. The SMILES string of the molecule is CCCNC(=O)c1cc(NC(=O)[C@@H]2[C@@H](c3ccc(F)c(Cl)c3)C2(Cl)Cl)ccc1Cl. The van der Waals surface area contributed by atoms with E-state index in [2.05, 4.69) is 10.6 Å². The predicted molar refractivity (Wildman–Crippen MR) is 115 cm³/mol. The third kappa shape index (κ3) is 4.64. The average Bonchev–Trinajstić information content (AvgIpc) is 3.25. The Kier molecular flexibility index (Phi) is 6.64. The minimum Gasteiger partial charge on any atom is -0.352 e. The van der Waals surface area contributed by atoms with E-state index in [0.29, 0.717) is 17.8 Å². The molecule has 2 atom stereocenters. The molecule has 0 aliphatic heterocycles. The molecule has 0 aromatic heterocycles. The Morgan fingerprint density at radius 3 is 2.48 bits per heavy atom. The summed E-state index contributed by atoms with van der Waals surface area (Å²) in [5.41, 5.74) is 1.20. The van der Waals surface area contributed by atoms with Crippen LogP contribution in [0.3, 0.4) is 0 Å². The molecule has 4 nitrogen and oxygen atoms in total. The van der Waals surface area contributed by atoms with E-state index in [4.69, 9.17) is 46.4 Å². The Bertz CT molecular complexity index is 967. The van der Waals surface area contributed by atoms with Gasteiger partial charge in [-0.1, -0.05) is 36.2 Å². The molecule has 0 radical (unpaired) electrons. The quantitative estimate of drug-likeness (QED) is 0.516.